The highest BCUT2D eigenvalue weighted by molar-refractivity contribution is 7.17. The molecule has 0 amide bonds. The number of carbonyl (C=O) groups is 1. The van der Waals surface area contributed by atoms with E-state index in [1.807, 2.05) is 36.1 Å². The quantitative estimate of drug-likeness (QED) is 0.805. The average molecular weight is 235 g/mol. The second kappa shape index (κ2) is 4.02. The Hall–Kier alpha value is -1.75. The molecule has 2 heterocycles. The number of aromatic nitrogens is 2. The highest BCUT2D eigenvalue weighted by atomic mass is 32.1. The zero-order valence-corrected chi connectivity index (χ0v) is 9.78. The molecule has 1 N–H and O–H groups in total. The van der Waals surface area contributed by atoms with Gasteiger partial charge in [0, 0.05) is 6.07 Å². The largest absolute Gasteiger partial charge is 0.477 e. The number of aryl methyl sites for hydroxylation is 2. The number of nitrogens with zero attached hydrogens (tertiary/aromatic N) is 2. The zero-order chi connectivity index (χ0) is 11.7. The smallest absolute Gasteiger partial charge is 0.347 e. The average Bonchev–Trinajstić information content (AvgIpc) is 2.60. The molecule has 2 rings (SSSR count). The molecule has 5 heteroatoms. The standard InChI is InChI=1S/C11H10N2O2S/c1-7-9(11(14)15)16-10(12-7)8-4-3-5-13(2)6-8/h3-6H,1-2H3/p+1. The number of carboxylic acids is 1. The van der Waals surface area contributed by atoms with Crippen molar-refractivity contribution < 1.29 is 14.5 Å². The predicted molar refractivity (Wildman–Crippen MR) is 60.4 cm³/mol. The molecular formula is C11H11N2O2S+. The monoisotopic (exact) mass is 235 g/mol. The maximum atomic E-state index is 10.9. The van der Waals surface area contributed by atoms with Crippen LogP contribution in [0.4, 0.5) is 0 Å². The lowest BCUT2D eigenvalue weighted by Gasteiger charge is -1.92. The normalized spacial score (nSPS) is 10.4. The number of thiazole rings is 1. The number of hydrogen-bond donors (Lipinski definition) is 1. The first-order valence-electron chi connectivity index (χ1n) is 4.74. The lowest BCUT2D eigenvalue weighted by molar-refractivity contribution is -0.671. The lowest BCUT2D eigenvalue weighted by Crippen LogP contribution is -2.26. The van der Waals surface area contributed by atoms with Crippen molar-refractivity contribution in [1.82, 2.24) is 4.98 Å². The van der Waals surface area contributed by atoms with Gasteiger partial charge >= 0.3 is 5.97 Å². The van der Waals surface area contributed by atoms with Gasteiger partial charge in [-0.1, -0.05) is 0 Å². The van der Waals surface area contributed by atoms with E-state index in [-0.39, 0.29) is 0 Å². The van der Waals surface area contributed by atoms with Crippen molar-refractivity contribution >= 4 is 17.3 Å². The van der Waals surface area contributed by atoms with E-state index in [1.165, 1.54) is 11.3 Å². The highest BCUT2D eigenvalue weighted by Crippen LogP contribution is 2.26. The molecule has 0 aliphatic heterocycles. The van der Waals surface area contributed by atoms with Gasteiger partial charge in [-0.2, -0.15) is 0 Å². The van der Waals surface area contributed by atoms with Crippen molar-refractivity contribution in [2.24, 2.45) is 7.05 Å². The SMILES string of the molecule is Cc1nc(-c2ccc[n+](C)c2)sc1C(=O)O. The van der Waals surface area contributed by atoms with Gasteiger partial charge in [-0.15, -0.1) is 11.3 Å². The van der Waals surface area contributed by atoms with E-state index in [2.05, 4.69) is 4.98 Å². The van der Waals surface area contributed by atoms with Crippen molar-refractivity contribution in [2.75, 3.05) is 0 Å². The van der Waals surface area contributed by atoms with Gasteiger partial charge in [0.2, 0.25) is 0 Å². The molecule has 2 aromatic rings. The molecule has 0 atom stereocenters. The van der Waals surface area contributed by atoms with E-state index in [9.17, 15) is 4.79 Å². The number of hydrogen-bond acceptors (Lipinski definition) is 3. The first kappa shape index (κ1) is 10.8. The second-order valence-corrected chi connectivity index (χ2v) is 4.50. The van der Waals surface area contributed by atoms with E-state index in [1.54, 1.807) is 6.92 Å². The van der Waals surface area contributed by atoms with Gasteiger partial charge in [0.05, 0.1) is 11.3 Å². The number of rotatable bonds is 2. The Balaban J connectivity index is 2.49. The third-order valence-electron chi connectivity index (χ3n) is 2.18. The maximum Gasteiger partial charge on any atom is 0.347 e. The molecule has 4 nitrogen and oxygen atoms in total. The minimum Gasteiger partial charge on any atom is -0.477 e. The molecule has 16 heavy (non-hydrogen) atoms. The van der Waals surface area contributed by atoms with Gasteiger partial charge < -0.3 is 5.11 Å². The summed E-state index contributed by atoms with van der Waals surface area (Å²) >= 11 is 1.21. The maximum absolute atomic E-state index is 10.9. The first-order chi connectivity index (χ1) is 7.58. The van der Waals surface area contributed by atoms with Crippen LogP contribution in [-0.2, 0) is 7.05 Å². The van der Waals surface area contributed by atoms with E-state index >= 15 is 0 Å². The van der Waals surface area contributed by atoms with E-state index in [0.29, 0.717) is 10.6 Å². The van der Waals surface area contributed by atoms with Gasteiger partial charge in [-0.05, 0) is 13.0 Å². The number of pyridine rings is 1. The van der Waals surface area contributed by atoms with Crippen LogP contribution in [0.25, 0.3) is 10.6 Å². The Bertz CT molecular complexity index is 549. The van der Waals surface area contributed by atoms with Crippen molar-refractivity contribution in [2.45, 2.75) is 6.92 Å². The fourth-order valence-electron chi connectivity index (χ4n) is 1.43. The molecule has 0 aliphatic carbocycles. The van der Waals surface area contributed by atoms with Gasteiger partial charge in [-0.3, -0.25) is 0 Å². The van der Waals surface area contributed by atoms with Crippen LogP contribution in [0, 0.1) is 6.92 Å². The van der Waals surface area contributed by atoms with Crippen molar-refractivity contribution in [3.63, 3.8) is 0 Å². The van der Waals surface area contributed by atoms with Crippen LogP contribution in [-0.4, -0.2) is 16.1 Å². The molecule has 0 radical (unpaired) electrons. The van der Waals surface area contributed by atoms with Crippen LogP contribution in [0.5, 0.6) is 0 Å². The van der Waals surface area contributed by atoms with Crippen molar-refractivity contribution in [3.8, 4) is 10.6 Å². The topological polar surface area (TPSA) is 54.1 Å². The molecule has 0 bridgehead atoms. The van der Waals surface area contributed by atoms with Crippen LogP contribution < -0.4 is 4.57 Å². The summed E-state index contributed by atoms with van der Waals surface area (Å²) in [5, 5.41) is 9.69. The van der Waals surface area contributed by atoms with Gasteiger partial charge in [0.15, 0.2) is 12.4 Å². The third kappa shape index (κ3) is 1.94. The highest BCUT2D eigenvalue weighted by Gasteiger charge is 2.15. The Morgan fingerprint density at radius 1 is 1.56 bits per heavy atom. The molecule has 82 valence electrons. The Morgan fingerprint density at radius 2 is 2.31 bits per heavy atom. The molecule has 0 aromatic carbocycles. The molecule has 0 fully saturated rings. The fourth-order valence-corrected chi connectivity index (χ4v) is 2.33. The summed E-state index contributed by atoms with van der Waals surface area (Å²) in [5.41, 5.74) is 1.50. The van der Waals surface area contributed by atoms with Crippen LogP contribution in [0.15, 0.2) is 24.5 Å². The van der Waals surface area contributed by atoms with Crippen LogP contribution in [0.2, 0.25) is 0 Å². The van der Waals surface area contributed by atoms with Crippen molar-refractivity contribution in [3.05, 3.63) is 35.1 Å². The zero-order valence-electron chi connectivity index (χ0n) is 8.97. The van der Waals surface area contributed by atoms with Crippen LogP contribution >= 0.6 is 11.3 Å². The minimum absolute atomic E-state index is 0.307. The molecule has 0 aliphatic rings. The van der Waals surface area contributed by atoms with E-state index in [0.717, 1.165) is 10.6 Å². The summed E-state index contributed by atoms with van der Waals surface area (Å²) < 4.78 is 1.91. The summed E-state index contributed by atoms with van der Waals surface area (Å²) in [6.07, 6.45) is 3.84. The number of aromatic carboxylic acids is 1. The van der Waals surface area contributed by atoms with Gasteiger partial charge in [0.1, 0.15) is 16.9 Å². The molecule has 0 spiro atoms. The summed E-state index contributed by atoms with van der Waals surface area (Å²) in [6, 6.07) is 3.83. The first-order valence-corrected chi connectivity index (χ1v) is 5.56. The molecule has 2 aromatic heterocycles. The van der Waals surface area contributed by atoms with Gasteiger partial charge in [-0.25, -0.2) is 14.3 Å². The van der Waals surface area contributed by atoms with Gasteiger partial charge in [0.25, 0.3) is 0 Å². The number of carboxylic acid groups (broad SMARTS) is 1. The van der Waals surface area contributed by atoms with Crippen molar-refractivity contribution in [1.29, 1.82) is 0 Å². The Morgan fingerprint density at radius 3 is 2.88 bits per heavy atom. The molecular weight excluding hydrogens is 224 g/mol. The summed E-state index contributed by atoms with van der Waals surface area (Å²) in [4.78, 5) is 15.5. The second-order valence-electron chi connectivity index (χ2n) is 3.50. The molecule has 0 saturated heterocycles. The van der Waals surface area contributed by atoms with E-state index < -0.39 is 5.97 Å². The van der Waals surface area contributed by atoms with E-state index in [4.69, 9.17) is 5.11 Å². The Kier molecular flexibility index (Phi) is 2.70. The fraction of sp³-hybridized carbons (Fsp3) is 0.182. The minimum atomic E-state index is -0.915. The molecule has 0 saturated carbocycles. The Labute approximate surface area is 96.8 Å². The lowest BCUT2D eigenvalue weighted by atomic mass is 10.3. The van der Waals surface area contributed by atoms with Crippen LogP contribution in [0.3, 0.4) is 0 Å². The van der Waals surface area contributed by atoms with Crippen LogP contribution in [0.1, 0.15) is 15.4 Å². The summed E-state index contributed by atoms with van der Waals surface area (Å²) in [7, 11) is 1.92. The summed E-state index contributed by atoms with van der Waals surface area (Å²) in [6.45, 7) is 1.71. The third-order valence-corrected chi connectivity index (χ3v) is 3.37. The molecule has 0 unspecified atom stereocenters. The summed E-state index contributed by atoms with van der Waals surface area (Å²) in [5.74, 6) is -0.915. The predicted octanol–water partition coefficient (Wildman–Crippen LogP) is 1.64.